The molecule has 9 heteroatoms. The number of fused-ring (bicyclic) bond motifs is 1. The number of halogens is 3. The summed E-state index contributed by atoms with van der Waals surface area (Å²) in [5.74, 6) is 0.456. The number of hydrogen-bond donors (Lipinski definition) is 0. The van der Waals surface area contributed by atoms with Gasteiger partial charge < -0.3 is 14.4 Å². The van der Waals surface area contributed by atoms with Crippen LogP contribution in [-0.2, 0) is 4.74 Å². The number of rotatable bonds is 3. The molecule has 0 N–H and O–H groups in total. The van der Waals surface area contributed by atoms with E-state index in [4.69, 9.17) is 4.74 Å². The van der Waals surface area contributed by atoms with Gasteiger partial charge in [0.2, 0.25) is 0 Å². The molecule has 3 heterocycles. The van der Waals surface area contributed by atoms with Gasteiger partial charge in [0.05, 0.1) is 25.1 Å². The average molecular weight is 364 g/mol. The Balaban J connectivity index is 1.73. The van der Waals surface area contributed by atoms with E-state index < -0.39 is 6.36 Å². The van der Waals surface area contributed by atoms with Gasteiger partial charge in [0, 0.05) is 31.0 Å². The molecular weight excluding hydrogens is 349 g/mol. The van der Waals surface area contributed by atoms with Crippen molar-refractivity contribution in [3.05, 3.63) is 42.9 Å². The maximum atomic E-state index is 12.5. The maximum Gasteiger partial charge on any atom is 0.573 e. The molecule has 0 atom stereocenters. The largest absolute Gasteiger partial charge is 0.573 e. The molecule has 0 radical (unpaired) electrons. The second-order valence-corrected chi connectivity index (χ2v) is 5.76. The quantitative estimate of drug-likeness (QED) is 0.715. The molecule has 0 amide bonds. The molecule has 1 fully saturated rings. The summed E-state index contributed by atoms with van der Waals surface area (Å²) in [5.41, 5.74) is 1.87. The molecule has 1 aliphatic rings. The molecule has 4 rings (SSSR count). The topological polar surface area (TPSA) is 51.9 Å². The molecule has 2 aromatic heterocycles. The van der Waals surface area contributed by atoms with E-state index in [1.165, 1.54) is 18.2 Å². The first-order valence-electron chi connectivity index (χ1n) is 8.02. The van der Waals surface area contributed by atoms with Crippen LogP contribution < -0.4 is 9.64 Å². The highest BCUT2D eigenvalue weighted by atomic mass is 19.4. The summed E-state index contributed by atoms with van der Waals surface area (Å²) < 4.78 is 48.6. The van der Waals surface area contributed by atoms with Crippen molar-refractivity contribution in [1.82, 2.24) is 14.4 Å². The van der Waals surface area contributed by atoms with Gasteiger partial charge in [-0.2, -0.15) is 0 Å². The van der Waals surface area contributed by atoms with E-state index in [0.717, 1.165) is 5.82 Å². The molecule has 3 aromatic rings. The monoisotopic (exact) mass is 364 g/mol. The minimum absolute atomic E-state index is 0.271. The Labute approximate surface area is 146 Å². The molecule has 0 bridgehead atoms. The minimum atomic E-state index is -4.73. The SMILES string of the molecule is FC(F)(F)Oc1cccc(-c2cnc3c(N4CCOCC4)nccn23)c1. The second kappa shape index (κ2) is 6.49. The highest BCUT2D eigenvalue weighted by Gasteiger charge is 2.31. The number of imidazole rings is 1. The maximum absolute atomic E-state index is 12.5. The average Bonchev–Trinajstić information content (AvgIpc) is 3.05. The number of alkyl halides is 3. The summed E-state index contributed by atoms with van der Waals surface area (Å²) in [6.45, 7) is 2.66. The number of morpholine rings is 1. The first-order chi connectivity index (χ1) is 12.5. The highest BCUT2D eigenvalue weighted by Crippen LogP contribution is 2.30. The van der Waals surface area contributed by atoms with E-state index >= 15 is 0 Å². The van der Waals surface area contributed by atoms with Crippen molar-refractivity contribution in [2.75, 3.05) is 31.2 Å². The Morgan fingerprint density at radius 2 is 1.92 bits per heavy atom. The molecular formula is C17H15F3N4O2. The Kier molecular flexibility index (Phi) is 4.15. The molecule has 1 aliphatic heterocycles. The van der Waals surface area contributed by atoms with Gasteiger partial charge in [-0.15, -0.1) is 13.2 Å². The Morgan fingerprint density at radius 1 is 1.12 bits per heavy atom. The van der Waals surface area contributed by atoms with Crippen molar-refractivity contribution in [3.63, 3.8) is 0 Å². The number of hydrogen-bond acceptors (Lipinski definition) is 5. The molecule has 0 saturated carbocycles. The summed E-state index contributed by atoms with van der Waals surface area (Å²) in [5, 5.41) is 0. The van der Waals surface area contributed by atoms with Crippen molar-refractivity contribution in [2.24, 2.45) is 0 Å². The van der Waals surface area contributed by atoms with E-state index in [-0.39, 0.29) is 5.75 Å². The number of benzene rings is 1. The standard InChI is InChI=1S/C17H15F3N4O2/c18-17(19,20)26-13-3-1-2-12(10-13)14-11-22-16-15(21-4-5-24(14)16)23-6-8-25-9-7-23/h1-5,10-11H,6-9H2. The van der Waals surface area contributed by atoms with Gasteiger partial charge in [0.15, 0.2) is 11.5 Å². The van der Waals surface area contributed by atoms with E-state index in [0.29, 0.717) is 43.2 Å². The van der Waals surface area contributed by atoms with E-state index in [1.54, 1.807) is 24.7 Å². The van der Waals surface area contributed by atoms with Gasteiger partial charge >= 0.3 is 6.36 Å². The Morgan fingerprint density at radius 3 is 2.69 bits per heavy atom. The zero-order valence-corrected chi connectivity index (χ0v) is 13.6. The van der Waals surface area contributed by atoms with Crippen LogP contribution in [0.2, 0.25) is 0 Å². The normalized spacial score (nSPS) is 15.4. The number of aromatic nitrogens is 3. The second-order valence-electron chi connectivity index (χ2n) is 5.76. The molecule has 1 saturated heterocycles. The van der Waals surface area contributed by atoms with Crippen molar-refractivity contribution >= 4 is 11.5 Å². The van der Waals surface area contributed by atoms with Crippen LogP contribution in [0.3, 0.4) is 0 Å². The van der Waals surface area contributed by atoms with Crippen molar-refractivity contribution < 1.29 is 22.6 Å². The summed E-state index contributed by atoms with van der Waals surface area (Å²) in [4.78, 5) is 10.9. The smallest absolute Gasteiger partial charge is 0.406 e. The molecule has 26 heavy (non-hydrogen) atoms. The van der Waals surface area contributed by atoms with Gasteiger partial charge in [0.25, 0.3) is 0 Å². The van der Waals surface area contributed by atoms with Crippen LogP contribution in [0.5, 0.6) is 5.75 Å². The molecule has 0 aliphatic carbocycles. The molecule has 6 nitrogen and oxygen atoms in total. The van der Waals surface area contributed by atoms with Crippen molar-refractivity contribution in [1.29, 1.82) is 0 Å². The number of ether oxygens (including phenoxy) is 2. The first kappa shape index (κ1) is 16.6. The Hall–Kier alpha value is -2.81. The third-order valence-corrected chi connectivity index (χ3v) is 4.08. The van der Waals surface area contributed by atoms with Gasteiger partial charge in [-0.3, -0.25) is 4.40 Å². The summed E-state index contributed by atoms with van der Waals surface area (Å²) in [7, 11) is 0. The van der Waals surface area contributed by atoms with Gasteiger partial charge in [-0.1, -0.05) is 12.1 Å². The zero-order valence-electron chi connectivity index (χ0n) is 13.6. The molecule has 0 unspecified atom stereocenters. The summed E-state index contributed by atoms with van der Waals surface area (Å²) >= 11 is 0. The fourth-order valence-corrected chi connectivity index (χ4v) is 2.97. The third kappa shape index (κ3) is 3.30. The fraction of sp³-hybridized carbons (Fsp3) is 0.294. The lowest BCUT2D eigenvalue weighted by Gasteiger charge is -2.27. The van der Waals surface area contributed by atoms with Crippen molar-refractivity contribution in [2.45, 2.75) is 6.36 Å². The van der Waals surface area contributed by atoms with Crippen LogP contribution in [0.25, 0.3) is 16.9 Å². The summed E-state index contributed by atoms with van der Waals surface area (Å²) in [6.07, 6.45) is 0.275. The molecule has 136 valence electrons. The Bertz CT molecular complexity index is 920. The lowest BCUT2D eigenvalue weighted by Crippen LogP contribution is -2.37. The van der Waals surface area contributed by atoms with E-state index in [2.05, 4.69) is 19.6 Å². The summed E-state index contributed by atoms with van der Waals surface area (Å²) in [6, 6.07) is 5.83. The van der Waals surface area contributed by atoms with Crippen molar-refractivity contribution in [3.8, 4) is 17.0 Å². The van der Waals surface area contributed by atoms with Gasteiger partial charge in [-0.25, -0.2) is 9.97 Å². The van der Waals surface area contributed by atoms with E-state index in [1.807, 2.05) is 4.40 Å². The number of anilines is 1. The first-order valence-corrected chi connectivity index (χ1v) is 8.02. The lowest BCUT2D eigenvalue weighted by molar-refractivity contribution is -0.274. The zero-order chi connectivity index (χ0) is 18.1. The van der Waals surface area contributed by atoms with Crippen LogP contribution in [0, 0.1) is 0 Å². The van der Waals surface area contributed by atoms with Crippen LogP contribution in [0.15, 0.2) is 42.9 Å². The van der Waals surface area contributed by atoms with Gasteiger partial charge in [0.1, 0.15) is 5.75 Å². The molecule has 0 spiro atoms. The van der Waals surface area contributed by atoms with E-state index in [9.17, 15) is 13.2 Å². The highest BCUT2D eigenvalue weighted by molar-refractivity contribution is 5.72. The van der Waals surface area contributed by atoms with Crippen LogP contribution in [0.1, 0.15) is 0 Å². The van der Waals surface area contributed by atoms with Gasteiger partial charge in [-0.05, 0) is 12.1 Å². The predicted octanol–water partition coefficient (Wildman–Crippen LogP) is 3.13. The lowest BCUT2D eigenvalue weighted by atomic mass is 10.1. The molecule has 1 aromatic carbocycles. The predicted molar refractivity (Wildman–Crippen MR) is 88.1 cm³/mol. The minimum Gasteiger partial charge on any atom is -0.406 e. The van der Waals surface area contributed by atoms with Crippen LogP contribution >= 0.6 is 0 Å². The third-order valence-electron chi connectivity index (χ3n) is 4.08. The van der Waals surface area contributed by atoms with Crippen LogP contribution in [0.4, 0.5) is 19.0 Å². The number of nitrogens with zero attached hydrogens (tertiary/aromatic N) is 4. The van der Waals surface area contributed by atoms with Crippen LogP contribution in [-0.4, -0.2) is 47.0 Å². The fourth-order valence-electron chi connectivity index (χ4n) is 2.97.